The van der Waals surface area contributed by atoms with Crippen LogP contribution < -0.4 is 20.3 Å². The van der Waals surface area contributed by atoms with Crippen LogP contribution in [-0.4, -0.2) is 63.3 Å². The molecule has 0 aliphatic carbocycles. The summed E-state index contributed by atoms with van der Waals surface area (Å²) in [6.07, 6.45) is 0. The Hall–Kier alpha value is -3.52. The summed E-state index contributed by atoms with van der Waals surface area (Å²) in [5.74, 6) is 0.155. The van der Waals surface area contributed by atoms with Crippen molar-refractivity contribution in [3.8, 4) is 5.75 Å². The van der Waals surface area contributed by atoms with Gasteiger partial charge in [-0.15, -0.1) is 0 Å². The van der Waals surface area contributed by atoms with Crippen molar-refractivity contribution in [2.75, 3.05) is 51.3 Å². The average Bonchev–Trinajstić information content (AvgIpc) is 2.85. The highest BCUT2D eigenvalue weighted by Gasteiger charge is 2.36. The molecule has 8 nitrogen and oxygen atoms in total. The molecule has 2 N–H and O–H groups in total. The molecule has 2 aliphatic heterocycles. The number of hydrogen-bond acceptors (Lipinski definition) is 6. The van der Waals surface area contributed by atoms with E-state index in [1.165, 1.54) is 16.8 Å². The van der Waals surface area contributed by atoms with Crippen LogP contribution in [0.25, 0.3) is 0 Å². The molecule has 0 saturated carbocycles. The number of nitrogens with one attached hydrogen (secondary N) is 2. The number of carbonyl (C=O) groups is 2. The first-order chi connectivity index (χ1) is 16.9. The standard InChI is InChI=1S/C27H34N4O4/c1-5-35-26(32)24-21(28-27(33)29-25(24)20-8-6-7-9-23(20)34-4)17-30-12-14-31(15-13-30)22-16-18(2)10-11-19(22)3/h6-11,16,25H,5,12-15,17H2,1-4H3,(H2,28,29,33). The number of methoxy groups -OCH3 is 1. The largest absolute Gasteiger partial charge is 0.496 e. The molecule has 1 saturated heterocycles. The molecule has 2 aromatic rings. The monoisotopic (exact) mass is 478 g/mol. The van der Waals surface area contributed by atoms with Crippen LogP contribution in [0.4, 0.5) is 10.5 Å². The zero-order valence-corrected chi connectivity index (χ0v) is 20.9. The van der Waals surface area contributed by atoms with Crippen LogP contribution in [0.3, 0.4) is 0 Å². The normalized spacial score (nSPS) is 18.7. The molecule has 8 heteroatoms. The molecule has 2 amide bonds. The number of anilines is 1. The van der Waals surface area contributed by atoms with E-state index in [1.54, 1.807) is 14.0 Å². The summed E-state index contributed by atoms with van der Waals surface area (Å²) >= 11 is 0. The van der Waals surface area contributed by atoms with Crippen LogP contribution in [0.2, 0.25) is 0 Å². The van der Waals surface area contributed by atoms with Gasteiger partial charge in [0.2, 0.25) is 0 Å². The number of rotatable bonds is 7. The van der Waals surface area contributed by atoms with Gasteiger partial charge in [0.1, 0.15) is 5.75 Å². The Balaban J connectivity index is 1.59. The van der Waals surface area contributed by atoms with E-state index in [1.807, 2.05) is 24.3 Å². The number of ether oxygens (including phenoxy) is 2. The van der Waals surface area contributed by atoms with Gasteiger partial charge in [0.05, 0.1) is 25.3 Å². The lowest BCUT2D eigenvalue weighted by atomic mass is 9.94. The predicted molar refractivity (Wildman–Crippen MR) is 136 cm³/mol. The van der Waals surface area contributed by atoms with Crippen molar-refractivity contribution in [3.63, 3.8) is 0 Å². The summed E-state index contributed by atoms with van der Waals surface area (Å²) in [6.45, 7) is 10.1. The Morgan fingerprint density at radius 3 is 2.54 bits per heavy atom. The van der Waals surface area contributed by atoms with Crippen molar-refractivity contribution >= 4 is 17.7 Å². The molecule has 2 heterocycles. The zero-order valence-electron chi connectivity index (χ0n) is 20.9. The van der Waals surface area contributed by atoms with Gasteiger partial charge in [-0.25, -0.2) is 9.59 Å². The Bertz CT molecular complexity index is 1120. The van der Waals surface area contributed by atoms with Crippen molar-refractivity contribution in [3.05, 3.63) is 70.4 Å². The minimum atomic E-state index is -0.662. The van der Waals surface area contributed by atoms with Gasteiger partial charge in [0, 0.05) is 49.7 Å². The number of carbonyl (C=O) groups excluding carboxylic acids is 2. The van der Waals surface area contributed by atoms with Gasteiger partial charge in [0.25, 0.3) is 0 Å². The molecule has 0 spiro atoms. The molecule has 0 radical (unpaired) electrons. The number of para-hydroxylation sites is 1. The summed E-state index contributed by atoms with van der Waals surface area (Å²) in [7, 11) is 1.58. The molecule has 0 bridgehead atoms. The van der Waals surface area contributed by atoms with E-state index < -0.39 is 12.0 Å². The Labute approximate surface area is 206 Å². The van der Waals surface area contributed by atoms with Crippen molar-refractivity contribution in [1.29, 1.82) is 0 Å². The highest BCUT2D eigenvalue weighted by molar-refractivity contribution is 5.95. The lowest BCUT2D eigenvalue weighted by Gasteiger charge is -2.38. The van der Waals surface area contributed by atoms with E-state index in [0.29, 0.717) is 29.1 Å². The predicted octanol–water partition coefficient (Wildman–Crippen LogP) is 3.31. The highest BCUT2D eigenvalue weighted by atomic mass is 16.5. The molecule has 1 atom stereocenters. The van der Waals surface area contributed by atoms with E-state index in [0.717, 1.165) is 26.2 Å². The quantitative estimate of drug-likeness (QED) is 0.594. The minimum absolute atomic E-state index is 0.247. The number of benzene rings is 2. The number of nitrogens with zero attached hydrogens (tertiary/aromatic N) is 2. The first-order valence-electron chi connectivity index (χ1n) is 12.1. The zero-order chi connectivity index (χ0) is 24.9. The van der Waals surface area contributed by atoms with Crippen LogP contribution in [0, 0.1) is 13.8 Å². The van der Waals surface area contributed by atoms with Crippen LogP contribution in [0.1, 0.15) is 29.7 Å². The molecule has 1 unspecified atom stereocenters. The van der Waals surface area contributed by atoms with Crippen LogP contribution in [0.15, 0.2) is 53.7 Å². The Morgan fingerprint density at radius 1 is 1.09 bits per heavy atom. The molecule has 2 aromatic carbocycles. The second-order valence-electron chi connectivity index (χ2n) is 8.94. The summed E-state index contributed by atoms with van der Waals surface area (Å²) < 4.78 is 10.9. The maximum absolute atomic E-state index is 13.1. The number of urea groups is 1. The fourth-order valence-corrected chi connectivity index (χ4v) is 4.76. The molecule has 2 aliphatic rings. The Morgan fingerprint density at radius 2 is 1.83 bits per heavy atom. The van der Waals surface area contributed by atoms with Gasteiger partial charge in [-0.1, -0.05) is 30.3 Å². The van der Waals surface area contributed by atoms with E-state index in [9.17, 15) is 9.59 Å². The first kappa shape index (κ1) is 24.6. The van der Waals surface area contributed by atoms with Gasteiger partial charge < -0.3 is 25.0 Å². The molecule has 186 valence electrons. The number of piperazine rings is 1. The summed E-state index contributed by atoms with van der Waals surface area (Å²) in [5, 5.41) is 5.77. The van der Waals surface area contributed by atoms with E-state index >= 15 is 0 Å². The highest BCUT2D eigenvalue weighted by Crippen LogP contribution is 2.34. The van der Waals surface area contributed by atoms with Crippen molar-refractivity contribution in [2.45, 2.75) is 26.8 Å². The fraction of sp³-hybridized carbons (Fsp3) is 0.407. The fourth-order valence-electron chi connectivity index (χ4n) is 4.76. The second-order valence-corrected chi connectivity index (χ2v) is 8.94. The minimum Gasteiger partial charge on any atom is -0.496 e. The number of amides is 2. The number of esters is 1. The molecule has 0 aromatic heterocycles. The lowest BCUT2D eigenvalue weighted by Crippen LogP contribution is -2.52. The van der Waals surface area contributed by atoms with Crippen LogP contribution in [-0.2, 0) is 9.53 Å². The molecular formula is C27H34N4O4. The summed E-state index contributed by atoms with van der Waals surface area (Å²) in [5.41, 5.74) is 5.47. The van der Waals surface area contributed by atoms with E-state index in [-0.39, 0.29) is 12.6 Å². The van der Waals surface area contributed by atoms with Crippen LogP contribution >= 0.6 is 0 Å². The molecule has 1 fully saturated rings. The van der Waals surface area contributed by atoms with Crippen LogP contribution in [0.5, 0.6) is 5.75 Å². The maximum atomic E-state index is 13.1. The third kappa shape index (κ3) is 5.43. The molecule has 35 heavy (non-hydrogen) atoms. The van der Waals surface area contributed by atoms with E-state index in [2.05, 4.69) is 52.5 Å². The second kappa shape index (κ2) is 10.8. The summed E-state index contributed by atoms with van der Waals surface area (Å²) in [4.78, 5) is 30.4. The SMILES string of the molecule is CCOC(=O)C1=C(CN2CCN(c3cc(C)ccc3C)CC2)NC(=O)NC1c1ccccc1OC. The molecule has 4 rings (SSSR count). The van der Waals surface area contributed by atoms with Crippen molar-refractivity contribution < 1.29 is 19.1 Å². The van der Waals surface area contributed by atoms with Gasteiger partial charge in [-0.2, -0.15) is 0 Å². The van der Waals surface area contributed by atoms with Gasteiger partial charge in [0.15, 0.2) is 0 Å². The molecular weight excluding hydrogens is 444 g/mol. The van der Waals surface area contributed by atoms with E-state index in [4.69, 9.17) is 9.47 Å². The van der Waals surface area contributed by atoms with Gasteiger partial charge in [-0.3, -0.25) is 4.90 Å². The first-order valence-corrected chi connectivity index (χ1v) is 12.1. The lowest BCUT2D eigenvalue weighted by molar-refractivity contribution is -0.139. The number of hydrogen-bond donors (Lipinski definition) is 2. The smallest absolute Gasteiger partial charge is 0.338 e. The average molecular weight is 479 g/mol. The third-order valence-corrected chi connectivity index (χ3v) is 6.56. The van der Waals surface area contributed by atoms with Crippen molar-refractivity contribution in [2.24, 2.45) is 0 Å². The number of aryl methyl sites for hydroxylation is 2. The Kier molecular flexibility index (Phi) is 7.60. The topological polar surface area (TPSA) is 83.1 Å². The van der Waals surface area contributed by atoms with Gasteiger partial charge in [-0.05, 0) is 44.0 Å². The summed E-state index contributed by atoms with van der Waals surface area (Å²) in [6, 6.07) is 12.9. The maximum Gasteiger partial charge on any atom is 0.338 e. The van der Waals surface area contributed by atoms with Gasteiger partial charge >= 0.3 is 12.0 Å². The third-order valence-electron chi connectivity index (χ3n) is 6.56. The van der Waals surface area contributed by atoms with Crippen molar-refractivity contribution in [1.82, 2.24) is 15.5 Å².